The summed E-state index contributed by atoms with van der Waals surface area (Å²) in [4.78, 5) is 22.5. The summed E-state index contributed by atoms with van der Waals surface area (Å²) in [5, 5.41) is 8.98. The first-order valence-electron chi connectivity index (χ1n) is 4.77. The topological polar surface area (TPSA) is 98.9 Å². The van der Waals surface area contributed by atoms with Gasteiger partial charge >= 0.3 is 5.97 Å². The molecular weight excluding hydrogens is 226 g/mol. The minimum absolute atomic E-state index is 0.106. The summed E-state index contributed by atoms with van der Waals surface area (Å²) in [6, 6.07) is 2.56. The van der Waals surface area contributed by atoms with E-state index in [4.69, 9.17) is 20.3 Å². The smallest absolute Gasteiger partial charge is 0.339 e. The van der Waals surface area contributed by atoms with Crippen LogP contribution in [-0.4, -0.2) is 37.6 Å². The maximum Gasteiger partial charge on any atom is 0.339 e. The molecule has 0 unspecified atom stereocenters. The molecule has 1 rings (SSSR count). The average Bonchev–Trinajstić information content (AvgIpc) is 2.35. The highest BCUT2D eigenvalue weighted by atomic mass is 16.5. The predicted molar refractivity (Wildman–Crippen MR) is 59.9 cm³/mol. The molecule has 0 aliphatic heterocycles. The lowest BCUT2D eigenvalue weighted by atomic mass is 10.0. The van der Waals surface area contributed by atoms with Crippen molar-refractivity contribution in [1.29, 1.82) is 0 Å². The number of rotatable bonds is 5. The number of carboxylic acid groups (broad SMARTS) is 1. The fraction of sp³-hybridized carbons (Fsp3) is 0.273. The molecule has 0 saturated carbocycles. The summed E-state index contributed by atoms with van der Waals surface area (Å²) in [5.41, 5.74) is 5.27. The second kappa shape index (κ2) is 5.31. The first-order valence-corrected chi connectivity index (χ1v) is 4.77. The van der Waals surface area contributed by atoms with Crippen LogP contribution in [-0.2, 0) is 0 Å². The van der Waals surface area contributed by atoms with Crippen molar-refractivity contribution in [3.8, 4) is 11.5 Å². The summed E-state index contributed by atoms with van der Waals surface area (Å²) in [5.74, 6) is -1.22. The van der Waals surface area contributed by atoms with E-state index in [2.05, 4.69) is 0 Å². The van der Waals surface area contributed by atoms with Crippen molar-refractivity contribution in [2.24, 2.45) is 5.73 Å². The van der Waals surface area contributed by atoms with Gasteiger partial charge in [0.15, 0.2) is 5.78 Å². The molecule has 3 N–H and O–H groups in total. The van der Waals surface area contributed by atoms with Crippen LogP contribution in [0.25, 0.3) is 0 Å². The van der Waals surface area contributed by atoms with Crippen LogP contribution >= 0.6 is 0 Å². The van der Waals surface area contributed by atoms with Crippen LogP contribution in [0.15, 0.2) is 12.1 Å². The molecule has 0 aliphatic carbocycles. The van der Waals surface area contributed by atoms with Gasteiger partial charge in [-0.1, -0.05) is 0 Å². The number of ether oxygens (including phenoxy) is 2. The first kappa shape index (κ1) is 13.0. The van der Waals surface area contributed by atoms with Gasteiger partial charge in [0.25, 0.3) is 0 Å². The Kier molecular flexibility index (Phi) is 4.06. The van der Waals surface area contributed by atoms with E-state index in [0.29, 0.717) is 0 Å². The SMILES string of the molecule is COc1cc(OC)c(C(=O)CN)cc1C(=O)O. The molecule has 0 spiro atoms. The van der Waals surface area contributed by atoms with Crippen LogP contribution in [0.3, 0.4) is 0 Å². The zero-order valence-corrected chi connectivity index (χ0v) is 9.52. The number of aromatic carboxylic acids is 1. The standard InChI is InChI=1S/C11H13NO5/c1-16-9-4-10(17-2)7(11(14)15)3-6(9)8(13)5-12/h3-4H,5,12H2,1-2H3,(H,14,15). The Morgan fingerprint density at radius 2 is 1.71 bits per heavy atom. The molecule has 0 bridgehead atoms. The van der Waals surface area contributed by atoms with Gasteiger partial charge in [0.1, 0.15) is 17.1 Å². The van der Waals surface area contributed by atoms with Crippen molar-refractivity contribution in [2.45, 2.75) is 0 Å². The molecule has 0 aromatic heterocycles. The highest BCUT2D eigenvalue weighted by Gasteiger charge is 2.19. The Labute approximate surface area is 97.9 Å². The van der Waals surface area contributed by atoms with Gasteiger partial charge in [-0.05, 0) is 6.07 Å². The third-order valence-corrected chi connectivity index (χ3v) is 2.24. The molecule has 0 saturated heterocycles. The highest BCUT2D eigenvalue weighted by Crippen LogP contribution is 2.29. The van der Waals surface area contributed by atoms with E-state index < -0.39 is 11.8 Å². The van der Waals surface area contributed by atoms with Gasteiger partial charge in [-0.2, -0.15) is 0 Å². The number of benzene rings is 1. The summed E-state index contributed by atoms with van der Waals surface area (Å²) in [6.07, 6.45) is 0. The number of carbonyl (C=O) groups is 2. The number of hydrogen-bond acceptors (Lipinski definition) is 5. The van der Waals surface area contributed by atoms with Gasteiger partial charge in [-0.25, -0.2) is 4.79 Å². The molecule has 0 radical (unpaired) electrons. The third kappa shape index (κ3) is 2.54. The highest BCUT2D eigenvalue weighted by molar-refractivity contribution is 6.03. The summed E-state index contributed by atoms with van der Waals surface area (Å²) in [6.45, 7) is -0.220. The normalized spacial score (nSPS) is 9.82. The van der Waals surface area contributed by atoms with Crippen molar-refractivity contribution >= 4 is 11.8 Å². The number of nitrogens with two attached hydrogens (primary N) is 1. The molecule has 0 atom stereocenters. The number of hydrogen-bond donors (Lipinski definition) is 2. The minimum atomic E-state index is -1.18. The van der Waals surface area contributed by atoms with E-state index >= 15 is 0 Å². The van der Waals surface area contributed by atoms with E-state index in [1.165, 1.54) is 26.4 Å². The maximum absolute atomic E-state index is 11.5. The van der Waals surface area contributed by atoms with E-state index in [1.807, 2.05) is 0 Å². The quantitative estimate of drug-likeness (QED) is 0.728. The lowest BCUT2D eigenvalue weighted by molar-refractivity contribution is 0.0693. The molecule has 1 aromatic carbocycles. The lowest BCUT2D eigenvalue weighted by Gasteiger charge is -2.11. The monoisotopic (exact) mass is 239 g/mol. The maximum atomic E-state index is 11.5. The van der Waals surface area contributed by atoms with Crippen LogP contribution in [0.4, 0.5) is 0 Å². The molecule has 92 valence electrons. The average molecular weight is 239 g/mol. The molecule has 0 amide bonds. The molecule has 6 heteroatoms. The Balaban J connectivity index is 3.44. The molecule has 17 heavy (non-hydrogen) atoms. The largest absolute Gasteiger partial charge is 0.496 e. The van der Waals surface area contributed by atoms with Crippen LogP contribution < -0.4 is 15.2 Å². The molecular formula is C11H13NO5. The van der Waals surface area contributed by atoms with Crippen LogP contribution in [0.1, 0.15) is 20.7 Å². The summed E-state index contributed by atoms with van der Waals surface area (Å²) >= 11 is 0. The molecule has 0 heterocycles. The van der Waals surface area contributed by atoms with Crippen molar-refractivity contribution in [3.63, 3.8) is 0 Å². The van der Waals surface area contributed by atoms with Gasteiger partial charge in [-0.3, -0.25) is 4.79 Å². The van der Waals surface area contributed by atoms with Crippen LogP contribution in [0.5, 0.6) is 11.5 Å². The van der Waals surface area contributed by atoms with Crippen molar-refractivity contribution in [3.05, 3.63) is 23.3 Å². The second-order valence-electron chi connectivity index (χ2n) is 3.19. The Morgan fingerprint density at radius 1 is 1.18 bits per heavy atom. The van der Waals surface area contributed by atoms with Gasteiger partial charge in [-0.15, -0.1) is 0 Å². The summed E-state index contributed by atoms with van der Waals surface area (Å²) in [7, 11) is 2.72. The fourth-order valence-electron chi connectivity index (χ4n) is 1.39. The minimum Gasteiger partial charge on any atom is -0.496 e. The van der Waals surface area contributed by atoms with Gasteiger partial charge in [0, 0.05) is 6.07 Å². The second-order valence-corrected chi connectivity index (χ2v) is 3.19. The fourth-order valence-corrected chi connectivity index (χ4v) is 1.39. The number of ketones is 1. The van der Waals surface area contributed by atoms with E-state index in [1.54, 1.807) is 0 Å². The molecule has 0 fully saturated rings. The third-order valence-electron chi connectivity index (χ3n) is 2.24. The van der Waals surface area contributed by atoms with Crippen molar-refractivity contribution < 1.29 is 24.2 Å². The zero-order chi connectivity index (χ0) is 13.0. The van der Waals surface area contributed by atoms with E-state index in [-0.39, 0.29) is 29.2 Å². The zero-order valence-electron chi connectivity index (χ0n) is 9.52. The number of methoxy groups -OCH3 is 2. The summed E-state index contributed by atoms with van der Waals surface area (Å²) < 4.78 is 9.91. The Morgan fingerprint density at radius 3 is 2.12 bits per heavy atom. The van der Waals surface area contributed by atoms with Crippen molar-refractivity contribution in [1.82, 2.24) is 0 Å². The lowest BCUT2D eigenvalue weighted by Crippen LogP contribution is -2.16. The van der Waals surface area contributed by atoms with Crippen LogP contribution in [0.2, 0.25) is 0 Å². The Bertz CT molecular complexity index is 455. The van der Waals surface area contributed by atoms with Gasteiger partial charge in [0.05, 0.1) is 26.3 Å². The number of carbonyl (C=O) groups excluding carboxylic acids is 1. The van der Waals surface area contributed by atoms with E-state index in [9.17, 15) is 9.59 Å². The molecule has 1 aromatic rings. The number of Topliss-reactive ketones (excluding diaryl/α,β-unsaturated/α-hetero) is 1. The predicted octanol–water partition coefficient (Wildman–Crippen LogP) is 0.543. The van der Waals surface area contributed by atoms with Crippen LogP contribution in [0, 0.1) is 0 Å². The van der Waals surface area contributed by atoms with Gasteiger partial charge < -0.3 is 20.3 Å². The Hall–Kier alpha value is -2.08. The van der Waals surface area contributed by atoms with Crippen molar-refractivity contribution in [2.75, 3.05) is 20.8 Å². The number of carboxylic acids is 1. The molecule has 0 aliphatic rings. The van der Waals surface area contributed by atoms with E-state index in [0.717, 1.165) is 0 Å². The van der Waals surface area contributed by atoms with Gasteiger partial charge in [0.2, 0.25) is 0 Å². The first-order chi connectivity index (χ1) is 8.04. The molecule has 6 nitrogen and oxygen atoms in total.